The van der Waals surface area contributed by atoms with E-state index in [9.17, 15) is 14.4 Å². The first-order valence-electron chi connectivity index (χ1n) is 10.4. The van der Waals surface area contributed by atoms with Gasteiger partial charge in [0.2, 0.25) is 5.91 Å². The normalized spacial score (nSPS) is 17.3. The zero-order valence-electron chi connectivity index (χ0n) is 17.2. The average molecular weight is 422 g/mol. The van der Waals surface area contributed by atoms with E-state index < -0.39 is 6.03 Å². The van der Waals surface area contributed by atoms with Crippen LogP contribution in [0.2, 0.25) is 0 Å². The van der Waals surface area contributed by atoms with Crippen LogP contribution in [0.25, 0.3) is 11.6 Å². The van der Waals surface area contributed by atoms with Gasteiger partial charge in [0.05, 0.1) is 12.1 Å². The lowest BCUT2D eigenvalue weighted by molar-refractivity contribution is -0.122. The van der Waals surface area contributed by atoms with Crippen molar-refractivity contribution in [3.63, 3.8) is 0 Å². The fraction of sp³-hybridized carbons (Fsp3) is 0.318. The van der Waals surface area contributed by atoms with Crippen LogP contribution in [0.5, 0.6) is 0 Å². The summed E-state index contributed by atoms with van der Waals surface area (Å²) < 4.78 is 0. The van der Waals surface area contributed by atoms with Gasteiger partial charge in [0.25, 0.3) is 5.91 Å². The molecule has 3 heterocycles. The van der Waals surface area contributed by atoms with E-state index in [1.54, 1.807) is 24.3 Å². The van der Waals surface area contributed by atoms with Gasteiger partial charge in [-0.25, -0.2) is 4.79 Å². The number of H-pyrrole nitrogens is 1. The summed E-state index contributed by atoms with van der Waals surface area (Å²) in [5, 5.41) is 8.27. The Kier molecular flexibility index (Phi) is 6.03. The topological polar surface area (TPSA) is 132 Å². The van der Waals surface area contributed by atoms with E-state index in [0.717, 1.165) is 37.2 Å². The van der Waals surface area contributed by atoms with Crippen molar-refractivity contribution in [3.05, 3.63) is 47.3 Å². The van der Waals surface area contributed by atoms with Crippen molar-refractivity contribution in [1.29, 1.82) is 0 Å². The molecular weight excluding hydrogens is 396 g/mol. The van der Waals surface area contributed by atoms with Gasteiger partial charge in [-0.05, 0) is 61.8 Å². The van der Waals surface area contributed by atoms with Crippen LogP contribution < -0.4 is 21.7 Å². The monoisotopic (exact) mass is 422 g/mol. The highest BCUT2D eigenvalue weighted by Crippen LogP contribution is 2.35. The summed E-state index contributed by atoms with van der Waals surface area (Å²) >= 11 is 0. The predicted molar refractivity (Wildman–Crippen MR) is 119 cm³/mol. The standard InChI is InChI=1S/C22H26N6O3/c23-22(31)26-15-4-5-19-17(9-15)18(21(30)27-19)10-16-8-14(11-24-16)12-25-20(29)13-28-6-2-1-3-7-28/h4-5,8-11,24H,1-3,6-7,12-13H2,(H,25,29)(H,27,30)(H3,23,26,31)/b18-10-. The molecule has 1 fully saturated rings. The second-order valence-corrected chi connectivity index (χ2v) is 7.84. The van der Waals surface area contributed by atoms with Crippen LogP contribution in [-0.4, -0.2) is 47.4 Å². The Labute approximate surface area is 180 Å². The van der Waals surface area contributed by atoms with E-state index in [1.165, 1.54) is 6.42 Å². The maximum atomic E-state index is 12.4. The number of nitrogens with zero attached hydrogens (tertiary/aromatic N) is 1. The molecule has 0 unspecified atom stereocenters. The van der Waals surface area contributed by atoms with Gasteiger partial charge in [0.1, 0.15) is 0 Å². The Bertz CT molecular complexity index is 1040. The largest absolute Gasteiger partial charge is 0.361 e. The van der Waals surface area contributed by atoms with Gasteiger partial charge in [-0.1, -0.05) is 6.42 Å². The molecule has 4 amide bonds. The maximum Gasteiger partial charge on any atom is 0.316 e. The summed E-state index contributed by atoms with van der Waals surface area (Å²) in [7, 11) is 0. The number of likely N-dealkylation sites (tertiary alicyclic amines) is 1. The summed E-state index contributed by atoms with van der Waals surface area (Å²) in [6.07, 6.45) is 7.10. The smallest absolute Gasteiger partial charge is 0.316 e. The molecule has 0 radical (unpaired) electrons. The Hall–Kier alpha value is -3.59. The van der Waals surface area contributed by atoms with Gasteiger partial charge < -0.3 is 26.7 Å². The molecule has 9 heteroatoms. The molecule has 2 aliphatic heterocycles. The molecule has 1 aromatic carbocycles. The number of anilines is 2. The number of nitrogens with one attached hydrogen (secondary N) is 4. The number of carbonyl (C=O) groups is 3. The average Bonchev–Trinajstić information content (AvgIpc) is 3.31. The first-order valence-corrected chi connectivity index (χ1v) is 10.4. The van der Waals surface area contributed by atoms with E-state index in [0.29, 0.717) is 35.6 Å². The molecule has 0 bridgehead atoms. The maximum absolute atomic E-state index is 12.4. The number of primary amides is 1. The SMILES string of the molecule is NC(=O)Nc1ccc2c(c1)/C(=C/c1cc(CNC(=O)CN3CCCCC3)c[nH]1)C(=O)N2. The van der Waals surface area contributed by atoms with Crippen molar-refractivity contribution >= 4 is 40.9 Å². The van der Waals surface area contributed by atoms with Crippen molar-refractivity contribution in [2.75, 3.05) is 30.3 Å². The molecule has 162 valence electrons. The fourth-order valence-electron chi connectivity index (χ4n) is 3.93. The van der Waals surface area contributed by atoms with Crippen molar-refractivity contribution in [2.45, 2.75) is 25.8 Å². The molecule has 4 rings (SSSR count). The number of fused-ring (bicyclic) bond motifs is 1. The molecule has 6 N–H and O–H groups in total. The Morgan fingerprint density at radius 1 is 1.16 bits per heavy atom. The van der Waals surface area contributed by atoms with Crippen LogP contribution >= 0.6 is 0 Å². The predicted octanol–water partition coefficient (Wildman–Crippen LogP) is 2.10. The van der Waals surface area contributed by atoms with Gasteiger partial charge in [0, 0.05) is 35.4 Å². The van der Waals surface area contributed by atoms with Gasteiger partial charge in [-0.3, -0.25) is 14.5 Å². The summed E-state index contributed by atoms with van der Waals surface area (Å²) in [4.78, 5) is 41.0. The lowest BCUT2D eigenvalue weighted by Crippen LogP contribution is -2.39. The highest BCUT2D eigenvalue weighted by molar-refractivity contribution is 6.35. The number of aromatic amines is 1. The number of amides is 4. The van der Waals surface area contributed by atoms with Crippen molar-refractivity contribution in [1.82, 2.24) is 15.2 Å². The third-order valence-corrected chi connectivity index (χ3v) is 5.44. The summed E-state index contributed by atoms with van der Waals surface area (Å²) in [6.45, 7) is 2.81. The van der Waals surface area contributed by atoms with Crippen LogP contribution in [0.15, 0.2) is 30.5 Å². The number of urea groups is 1. The van der Waals surface area contributed by atoms with Gasteiger partial charge >= 0.3 is 6.03 Å². The lowest BCUT2D eigenvalue weighted by atomic mass is 10.1. The van der Waals surface area contributed by atoms with Crippen LogP contribution in [0, 0.1) is 0 Å². The summed E-state index contributed by atoms with van der Waals surface area (Å²) in [6, 6.07) is 6.32. The number of carbonyl (C=O) groups excluding carboxylic acids is 3. The third kappa shape index (κ3) is 5.13. The summed E-state index contributed by atoms with van der Waals surface area (Å²) in [5.74, 6) is -0.209. The molecule has 9 nitrogen and oxygen atoms in total. The van der Waals surface area contributed by atoms with E-state index in [2.05, 4.69) is 25.8 Å². The number of benzene rings is 1. The molecule has 0 atom stereocenters. The second kappa shape index (κ2) is 9.05. The molecule has 1 saturated heterocycles. The molecule has 2 aliphatic rings. The van der Waals surface area contributed by atoms with Crippen LogP contribution in [-0.2, 0) is 16.1 Å². The first-order chi connectivity index (χ1) is 15.0. The quantitative estimate of drug-likeness (QED) is 0.456. The van der Waals surface area contributed by atoms with Crippen LogP contribution in [0.1, 0.15) is 36.1 Å². The molecule has 0 aliphatic carbocycles. The Morgan fingerprint density at radius 3 is 2.74 bits per heavy atom. The van der Waals surface area contributed by atoms with E-state index in [1.807, 2.05) is 12.3 Å². The first kappa shape index (κ1) is 20.7. The van der Waals surface area contributed by atoms with E-state index >= 15 is 0 Å². The van der Waals surface area contributed by atoms with Gasteiger partial charge in [-0.2, -0.15) is 0 Å². The number of hydrogen-bond donors (Lipinski definition) is 5. The lowest BCUT2D eigenvalue weighted by Gasteiger charge is -2.25. The minimum Gasteiger partial charge on any atom is -0.361 e. The summed E-state index contributed by atoms with van der Waals surface area (Å²) in [5.41, 5.74) is 9.18. The molecule has 1 aromatic heterocycles. The van der Waals surface area contributed by atoms with Crippen molar-refractivity contribution in [2.24, 2.45) is 5.73 Å². The molecule has 31 heavy (non-hydrogen) atoms. The van der Waals surface area contributed by atoms with Crippen molar-refractivity contribution < 1.29 is 14.4 Å². The minimum atomic E-state index is -0.667. The Morgan fingerprint density at radius 2 is 1.97 bits per heavy atom. The molecule has 2 aromatic rings. The number of hydrogen-bond acceptors (Lipinski definition) is 4. The van der Waals surface area contributed by atoms with Crippen LogP contribution in [0.4, 0.5) is 16.2 Å². The number of nitrogens with two attached hydrogens (primary N) is 1. The zero-order chi connectivity index (χ0) is 21.8. The van der Waals surface area contributed by atoms with Gasteiger partial charge in [0.15, 0.2) is 0 Å². The second-order valence-electron chi connectivity index (χ2n) is 7.84. The number of rotatable bonds is 6. The highest BCUT2D eigenvalue weighted by Gasteiger charge is 2.24. The third-order valence-electron chi connectivity index (χ3n) is 5.44. The number of piperidine rings is 1. The Balaban J connectivity index is 1.41. The molecule has 0 saturated carbocycles. The van der Waals surface area contributed by atoms with Crippen molar-refractivity contribution in [3.8, 4) is 0 Å². The zero-order valence-corrected chi connectivity index (χ0v) is 17.2. The van der Waals surface area contributed by atoms with Gasteiger partial charge in [-0.15, -0.1) is 0 Å². The van der Waals surface area contributed by atoms with E-state index in [4.69, 9.17) is 5.73 Å². The fourth-order valence-corrected chi connectivity index (χ4v) is 3.93. The molecular formula is C22H26N6O3. The number of aromatic nitrogens is 1. The van der Waals surface area contributed by atoms with Crippen LogP contribution in [0.3, 0.4) is 0 Å². The van der Waals surface area contributed by atoms with E-state index in [-0.39, 0.29) is 11.8 Å². The highest BCUT2D eigenvalue weighted by atomic mass is 16.2. The minimum absolute atomic E-state index is 0.0154. The molecule has 0 spiro atoms.